The van der Waals surface area contributed by atoms with E-state index in [2.05, 4.69) is 18.2 Å². The monoisotopic (exact) mass is 160 g/mol. The molecule has 12 heavy (non-hydrogen) atoms. The average molecular weight is 160 g/mol. The standard InChI is InChI=1S/C11H12O/c12-11-7-3-6-9-4-1-2-5-10(9)8-11/h1-5,7,9-10H,6,8H2. The molecule has 2 aliphatic carbocycles. The fourth-order valence-corrected chi connectivity index (χ4v) is 1.83. The summed E-state index contributed by atoms with van der Waals surface area (Å²) in [5.41, 5.74) is 0. The van der Waals surface area contributed by atoms with Crippen molar-refractivity contribution in [2.45, 2.75) is 12.8 Å². The van der Waals surface area contributed by atoms with Crippen molar-refractivity contribution in [3.63, 3.8) is 0 Å². The van der Waals surface area contributed by atoms with Gasteiger partial charge in [-0.05, 0) is 24.3 Å². The molecule has 0 N–H and O–H groups in total. The van der Waals surface area contributed by atoms with Crippen LogP contribution < -0.4 is 0 Å². The molecule has 1 nitrogen and oxygen atoms in total. The number of carbonyl (C=O) groups excluding carboxylic acids is 1. The first-order chi connectivity index (χ1) is 5.86. The van der Waals surface area contributed by atoms with Crippen molar-refractivity contribution in [2.24, 2.45) is 11.8 Å². The van der Waals surface area contributed by atoms with Crippen molar-refractivity contribution in [2.75, 3.05) is 0 Å². The molecule has 0 bridgehead atoms. The third kappa shape index (κ3) is 1.40. The minimum atomic E-state index is 0.266. The molecule has 0 fully saturated rings. The predicted molar refractivity (Wildman–Crippen MR) is 48.6 cm³/mol. The highest BCUT2D eigenvalue weighted by Crippen LogP contribution is 2.28. The number of hydrogen-bond acceptors (Lipinski definition) is 1. The molecular formula is C11H12O. The summed E-state index contributed by atoms with van der Waals surface area (Å²) in [6.07, 6.45) is 13.9. The summed E-state index contributed by atoms with van der Waals surface area (Å²) in [5.74, 6) is 1.26. The number of carbonyl (C=O) groups is 1. The van der Waals surface area contributed by atoms with E-state index in [9.17, 15) is 4.79 Å². The van der Waals surface area contributed by atoms with Crippen LogP contribution in [0.1, 0.15) is 12.8 Å². The Labute approximate surface area is 72.5 Å². The van der Waals surface area contributed by atoms with Crippen LogP contribution in [0.4, 0.5) is 0 Å². The molecule has 2 atom stereocenters. The minimum absolute atomic E-state index is 0.266. The van der Waals surface area contributed by atoms with Crippen LogP contribution in [0, 0.1) is 11.8 Å². The van der Waals surface area contributed by atoms with Crippen LogP contribution in [0.3, 0.4) is 0 Å². The van der Waals surface area contributed by atoms with Crippen LogP contribution in [0.2, 0.25) is 0 Å². The largest absolute Gasteiger partial charge is 0.295 e. The zero-order valence-corrected chi connectivity index (χ0v) is 6.94. The molecule has 2 rings (SSSR count). The van der Waals surface area contributed by atoms with Gasteiger partial charge in [-0.1, -0.05) is 30.4 Å². The molecule has 0 saturated heterocycles. The summed E-state index contributed by atoms with van der Waals surface area (Å²) in [5, 5.41) is 0. The van der Waals surface area contributed by atoms with Crippen molar-refractivity contribution in [1.82, 2.24) is 0 Å². The second-order valence-corrected chi connectivity index (χ2v) is 3.41. The maximum absolute atomic E-state index is 11.2. The summed E-state index contributed by atoms with van der Waals surface area (Å²) >= 11 is 0. The molecule has 62 valence electrons. The summed E-state index contributed by atoms with van der Waals surface area (Å²) in [7, 11) is 0. The van der Waals surface area contributed by atoms with Gasteiger partial charge in [-0.15, -0.1) is 0 Å². The first-order valence-corrected chi connectivity index (χ1v) is 4.40. The maximum atomic E-state index is 11.2. The van der Waals surface area contributed by atoms with E-state index in [0.29, 0.717) is 18.3 Å². The van der Waals surface area contributed by atoms with E-state index in [1.165, 1.54) is 0 Å². The Bertz CT molecular complexity index is 271. The molecule has 1 heteroatoms. The third-order valence-electron chi connectivity index (χ3n) is 2.53. The Hall–Kier alpha value is -1.11. The molecule has 0 heterocycles. The van der Waals surface area contributed by atoms with Crippen LogP contribution in [0.25, 0.3) is 0 Å². The lowest BCUT2D eigenvalue weighted by atomic mass is 9.84. The molecule has 2 aliphatic rings. The summed E-state index contributed by atoms with van der Waals surface area (Å²) in [6.45, 7) is 0. The van der Waals surface area contributed by atoms with E-state index < -0.39 is 0 Å². The van der Waals surface area contributed by atoms with Gasteiger partial charge >= 0.3 is 0 Å². The second-order valence-electron chi connectivity index (χ2n) is 3.41. The number of allylic oxidation sites excluding steroid dienone is 6. The van der Waals surface area contributed by atoms with E-state index in [4.69, 9.17) is 0 Å². The van der Waals surface area contributed by atoms with Gasteiger partial charge in [-0.25, -0.2) is 0 Å². The van der Waals surface area contributed by atoms with Crippen molar-refractivity contribution in [1.29, 1.82) is 0 Å². The molecule has 0 amide bonds. The van der Waals surface area contributed by atoms with Crippen LogP contribution in [-0.2, 0) is 4.79 Å². The number of fused-ring (bicyclic) bond motifs is 1. The van der Waals surface area contributed by atoms with Gasteiger partial charge < -0.3 is 0 Å². The molecule has 0 aliphatic heterocycles. The smallest absolute Gasteiger partial charge is 0.155 e. The zero-order chi connectivity index (χ0) is 8.39. The van der Waals surface area contributed by atoms with Crippen molar-refractivity contribution in [3.05, 3.63) is 36.5 Å². The predicted octanol–water partition coefficient (Wildman–Crippen LogP) is 2.26. The Morgan fingerprint density at radius 1 is 1.17 bits per heavy atom. The Balaban J connectivity index is 2.19. The van der Waals surface area contributed by atoms with Crippen LogP contribution in [0.5, 0.6) is 0 Å². The quantitative estimate of drug-likeness (QED) is 0.531. The molecule has 0 saturated carbocycles. The van der Waals surface area contributed by atoms with E-state index in [0.717, 1.165) is 6.42 Å². The Morgan fingerprint density at radius 2 is 1.92 bits per heavy atom. The highest BCUT2D eigenvalue weighted by atomic mass is 16.1. The SMILES string of the molecule is O=C1C=CCC2C=CC=CC2C1. The molecule has 0 radical (unpaired) electrons. The fourth-order valence-electron chi connectivity index (χ4n) is 1.83. The van der Waals surface area contributed by atoms with Gasteiger partial charge in [0.15, 0.2) is 5.78 Å². The van der Waals surface area contributed by atoms with Crippen LogP contribution in [-0.4, -0.2) is 5.78 Å². The molecule has 0 spiro atoms. The van der Waals surface area contributed by atoms with E-state index >= 15 is 0 Å². The zero-order valence-electron chi connectivity index (χ0n) is 6.94. The number of hydrogen-bond donors (Lipinski definition) is 0. The number of ketones is 1. The Kier molecular flexibility index (Phi) is 1.94. The van der Waals surface area contributed by atoms with Gasteiger partial charge in [0, 0.05) is 6.42 Å². The number of rotatable bonds is 0. The minimum Gasteiger partial charge on any atom is -0.295 e. The van der Waals surface area contributed by atoms with Crippen LogP contribution in [0.15, 0.2) is 36.5 Å². The molecule has 0 aromatic carbocycles. The molecule has 0 aromatic heterocycles. The lowest BCUT2D eigenvalue weighted by molar-refractivity contribution is -0.115. The van der Waals surface area contributed by atoms with E-state index in [-0.39, 0.29) is 5.78 Å². The summed E-state index contributed by atoms with van der Waals surface area (Å²) in [6, 6.07) is 0. The highest BCUT2D eigenvalue weighted by molar-refractivity contribution is 5.90. The molecular weight excluding hydrogens is 148 g/mol. The maximum Gasteiger partial charge on any atom is 0.155 e. The molecule has 2 unspecified atom stereocenters. The third-order valence-corrected chi connectivity index (χ3v) is 2.53. The van der Waals surface area contributed by atoms with Crippen LogP contribution >= 0.6 is 0 Å². The topological polar surface area (TPSA) is 17.1 Å². The molecule has 0 aromatic rings. The lowest BCUT2D eigenvalue weighted by Crippen LogP contribution is -2.13. The normalized spacial score (nSPS) is 33.2. The Morgan fingerprint density at radius 3 is 2.75 bits per heavy atom. The average Bonchev–Trinajstić information content (AvgIpc) is 2.25. The van der Waals surface area contributed by atoms with Gasteiger partial charge in [0.2, 0.25) is 0 Å². The summed E-state index contributed by atoms with van der Waals surface area (Å²) < 4.78 is 0. The van der Waals surface area contributed by atoms with Gasteiger partial charge in [0.1, 0.15) is 0 Å². The fraction of sp³-hybridized carbons (Fsp3) is 0.364. The van der Waals surface area contributed by atoms with E-state index in [1.54, 1.807) is 6.08 Å². The van der Waals surface area contributed by atoms with Crippen molar-refractivity contribution < 1.29 is 4.79 Å². The van der Waals surface area contributed by atoms with Gasteiger partial charge in [0.05, 0.1) is 0 Å². The van der Waals surface area contributed by atoms with Crippen molar-refractivity contribution in [3.8, 4) is 0 Å². The van der Waals surface area contributed by atoms with Gasteiger partial charge in [-0.2, -0.15) is 0 Å². The van der Waals surface area contributed by atoms with Crippen molar-refractivity contribution >= 4 is 5.78 Å². The first-order valence-electron chi connectivity index (χ1n) is 4.40. The summed E-state index contributed by atoms with van der Waals surface area (Å²) in [4.78, 5) is 11.2. The lowest BCUT2D eigenvalue weighted by Gasteiger charge is -2.19. The van der Waals surface area contributed by atoms with E-state index in [1.807, 2.05) is 12.2 Å². The highest BCUT2D eigenvalue weighted by Gasteiger charge is 2.21. The first kappa shape index (κ1) is 7.53. The van der Waals surface area contributed by atoms with Gasteiger partial charge in [0.25, 0.3) is 0 Å². The van der Waals surface area contributed by atoms with Gasteiger partial charge in [-0.3, -0.25) is 4.79 Å². The second kappa shape index (κ2) is 3.10.